The van der Waals surface area contributed by atoms with Crippen molar-refractivity contribution in [2.45, 2.75) is 0 Å². The molecule has 0 atom stereocenters. The number of halogens is 2. The minimum atomic E-state index is -0.441. The largest absolute Gasteiger partial charge is 0.268 e. The Hall–Kier alpha value is -1.98. The average Bonchev–Trinajstić information content (AvgIpc) is 2.81. The molecule has 100 valence electrons. The van der Waals surface area contributed by atoms with E-state index in [1.54, 1.807) is 16.7 Å². The number of hydrogen-bond acceptors (Lipinski definition) is 2. The molecule has 3 rings (SSSR count). The summed E-state index contributed by atoms with van der Waals surface area (Å²) in [7, 11) is 0. The van der Waals surface area contributed by atoms with Gasteiger partial charge >= 0.3 is 0 Å². The maximum absolute atomic E-state index is 14.1. The summed E-state index contributed by atoms with van der Waals surface area (Å²) in [5, 5.41) is 7.15. The zero-order chi connectivity index (χ0) is 14.1. The van der Waals surface area contributed by atoms with Crippen LogP contribution in [0.3, 0.4) is 0 Å². The molecular formula is C14H9ClFN3S. The van der Waals surface area contributed by atoms with Gasteiger partial charge in [-0.05, 0) is 42.5 Å². The molecule has 0 aliphatic carbocycles. The minimum absolute atomic E-state index is 0.339. The van der Waals surface area contributed by atoms with Crippen LogP contribution in [0, 0.1) is 10.6 Å². The average molecular weight is 306 g/mol. The van der Waals surface area contributed by atoms with Gasteiger partial charge in [0.1, 0.15) is 5.82 Å². The topological polar surface area (TPSA) is 33.6 Å². The Balaban J connectivity index is 2.24. The standard InChI is InChI=1S/C14H9ClFN3S/c15-9-6-7-11(12(16)8-9)13-17-18-14(20)19(13)10-4-2-1-3-5-10/h1-8H,(H,18,20). The van der Waals surface area contributed by atoms with Crippen LogP contribution in [0.4, 0.5) is 4.39 Å². The maximum Gasteiger partial charge on any atom is 0.200 e. The Morgan fingerprint density at radius 2 is 1.90 bits per heavy atom. The molecule has 3 nitrogen and oxygen atoms in total. The van der Waals surface area contributed by atoms with Crippen LogP contribution in [0.2, 0.25) is 5.02 Å². The highest BCUT2D eigenvalue weighted by Gasteiger charge is 2.14. The molecule has 0 amide bonds. The second kappa shape index (κ2) is 5.19. The van der Waals surface area contributed by atoms with E-state index in [2.05, 4.69) is 10.2 Å². The molecule has 0 saturated carbocycles. The molecule has 3 aromatic rings. The Bertz CT molecular complexity index is 811. The van der Waals surface area contributed by atoms with Gasteiger partial charge in [-0.15, -0.1) is 0 Å². The summed E-state index contributed by atoms with van der Waals surface area (Å²) in [6, 6.07) is 13.9. The van der Waals surface area contributed by atoms with Crippen molar-refractivity contribution in [1.82, 2.24) is 14.8 Å². The van der Waals surface area contributed by atoms with Crippen molar-refractivity contribution < 1.29 is 4.39 Å². The van der Waals surface area contributed by atoms with E-state index in [1.165, 1.54) is 6.07 Å². The fraction of sp³-hybridized carbons (Fsp3) is 0. The van der Waals surface area contributed by atoms with Crippen molar-refractivity contribution >= 4 is 23.8 Å². The van der Waals surface area contributed by atoms with Gasteiger partial charge in [-0.2, -0.15) is 5.10 Å². The summed E-state index contributed by atoms with van der Waals surface area (Å²) in [6.45, 7) is 0. The van der Waals surface area contributed by atoms with Crippen molar-refractivity contribution in [3.63, 3.8) is 0 Å². The van der Waals surface area contributed by atoms with E-state index in [4.69, 9.17) is 23.8 Å². The van der Waals surface area contributed by atoms with E-state index < -0.39 is 5.82 Å². The predicted octanol–water partition coefficient (Wildman–Crippen LogP) is 4.39. The molecule has 0 unspecified atom stereocenters. The second-order valence-corrected chi connectivity index (χ2v) is 4.97. The smallest absolute Gasteiger partial charge is 0.200 e. The fourth-order valence-corrected chi connectivity index (χ4v) is 2.36. The zero-order valence-electron chi connectivity index (χ0n) is 10.2. The number of nitrogens with zero attached hydrogens (tertiary/aromatic N) is 2. The van der Waals surface area contributed by atoms with Crippen LogP contribution < -0.4 is 0 Å². The summed E-state index contributed by atoms with van der Waals surface area (Å²) in [5.41, 5.74) is 1.15. The van der Waals surface area contributed by atoms with Crippen LogP contribution >= 0.6 is 23.8 Å². The molecule has 0 bridgehead atoms. The van der Waals surface area contributed by atoms with Crippen molar-refractivity contribution in [3.8, 4) is 17.1 Å². The highest BCUT2D eigenvalue weighted by atomic mass is 35.5. The maximum atomic E-state index is 14.1. The zero-order valence-corrected chi connectivity index (χ0v) is 11.7. The van der Waals surface area contributed by atoms with Crippen LogP contribution in [-0.4, -0.2) is 14.8 Å². The lowest BCUT2D eigenvalue weighted by atomic mass is 10.2. The molecule has 1 N–H and O–H groups in total. The Kier molecular flexibility index (Phi) is 3.38. The number of aromatic amines is 1. The highest BCUT2D eigenvalue weighted by Crippen LogP contribution is 2.26. The highest BCUT2D eigenvalue weighted by molar-refractivity contribution is 7.71. The van der Waals surface area contributed by atoms with Crippen molar-refractivity contribution in [2.75, 3.05) is 0 Å². The molecule has 0 radical (unpaired) electrons. The van der Waals surface area contributed by atoms with E-state index in [1.807, 2.05) is 30.3 Å². The predicted molar refractivity (Wildman–Crippen MR) is 79.2 cm³/mol. The van der Waals surface area contributed by atoms with E-state index in [0.29, 0.717) is 21.2 Å². The number of nitrogens with one attached hydrogen (secondary N) is 1. The fourth-order valence-electron chi connectivity index (χ4n) is 1.97. The van der Waals surface area contributed by atoms with Crippen LogP contribution in [0.15, 0.2) is 48.5 Å². The lowest BCUT2D eigenvalue weighted by Gasteiger charge is -2.07. The van der Waals surface area contributed by atoms with E-state index in [9.17, 15) is 4.39 Å². The first-order chi connectivity index (χ1) is 9.66. The van der Waals surface area contributed by atoms with Gasteiger partial charge < -0.3 is 0 Å². The van der Waals surface area contributed by atoms with Gasteiger partial charge in [0.05, 0.1) is 5.56 Å². The van der Waals surface area contributed by atoms with Crippen molar-refractivity contribution in [3.05, 3.63) is 64.1 Å². The van der Waals surface area contributed by atoms with E-state index >= 15 is 0 Å². The Morgan fingerprint density at radius 1 is 1.15 bits per heavy atom. The van der Waals surface area contributed by atoms with Crippen LogP contribution in [0.25, 0.3) is 17.1 Å². The molecule has 0 aliphatic rings. The minimum Gasteiger partial charge on any atom is -0.268 e. The summed E-state index contributed by atoms with van der Waals surface area (Å²) in [4.78, 5) is 0. The third-order valence-corrected chi connectivity index (χ3v) is 3.37. The van der Waals surface area contributed by atoms with Gasteiger partial charge in [-0.3, -0.25) is 9.67 Å². The molecule has 1 aromatic heterocycles. The summed E-state index contributed by atoms with van der Waals surface area (Å²) in [6.07, 6.45) is 0. The van der Waals surface area contributed by atoms with E-state index in [0.717, 1.165) is 5.69 Å². The number of rotatable bonds is 2. The van der Waals surface area contributed by atoms with Crippen LogP contribution in [0.5, 0.6) is 0 Å². The lowest BCUT2D eigenvalue weighted by molar-refractivity contribution is 0.629. The summed E-state index contributed by atoms with van der Waals surface area (Å²) < 4.78 is 16.1. The van der Waals surface area contributed by atoms with Crippen LogP contribution in [-0.2, 0) is 0 Å². The summed E-state index contributed by atoms with van der Waals surface area (Å²) in [5.74, 6) is -0.0287. The number of para-hydroxylation sites is 1. The van der Waals surface area contributed by atoms with Crippen molar-refractivity contribution in [1.29, 1.82) is 0 Å². The molecule has 0 fully saturated rings. The van der Waals surface area contributed by atoms with Gasteiger partial charge in [0.25, 0.3) is 0 Å². The van der Waals surface area contributed by atoms with Gasteiger partial charge in [0.2, 0.25) is 0 Å². The first-order valence-corrected chi connectivity index (χ1v) is 6.64. The van der Waals surface area contributed by atoms with E-state index in [-0.39, 0.29) is 0 Å². The molecule has 2 aromatic carbocycles. The lowest BCUT2D eigenvalue weighted by Crippen LogP contribution is -1.98. The monoisotopic (exact) mass is 305 g/mol. The molecule has 20 heavy (non-hydrogen) atoms. The normalized spacial score (nSPS) is 10.7. The van der Waals surface area contributed by atoms with Gasteiger partial charge in [-0.25, -0.2) is 4.39 Å². The summed E-state index contributed by atoms with van der Waals surface area (Å²) >= 11 is 11.0. The van der Waals surface area contributed by atoms with Crippen LogP contribution in [0.1, 0.15) is 0 Å². The first kappa shape index (κ1) is 13.0. The Labute approximate surface area is 124 Å². The Morgan fingerprint density at radius 3 is 2.60 bits per heavy atom. The number of aromatic nitrogens is 3. The molecule has 6 heteroatoms. The van der Waals surface area contributed by atoms with Gasteiger partial charge in [0.15, 0.2) is 10.6 Å². The molecular weight excluding hydrogens is 297 g/mol. The third-order valence-electron chi connectivity index (χ3n) is 2.86. The molecule has 0 aliphatic heterocycles. The number of H-pyrrole nitrogens is 1. The first-order valence-electron chi connectivity index (χ1n) is 5.85. The molecule has 0 saturated heterocycles. The molecule has 1 heterocycles. The third kappa shape index (κ3) is 2.26. The van der Waals surface area contributed by atoms with Crippen molar-refractivity contribution in [2.24, 2.45) is 0 Å². The number of hydrogen-bond donors (Lipinski definition) is 1. The number of benzene rings is 2. The second-order valence-electron chi connectivity index (χ2n) is 4.15. The quantitative estimate of drug-likeness (QED) is 0.712. The molecule has 0 spiro atoms. The van der Waals surface area contributed by atoms with Gasteiger partial charge in [-0.1, -0.05) is 29.8 Å². The SMILES string of the molecule is Fc1cc(Cl)ccc1-c1n[nH]c(=S)n1-c1ccccc1. The van der Waals surface area contributed by atoms with Gasteiger partial charge in [0, 0.05) is 10.7 Å².